The van der Waals surface area contributed by atoms with Crippen molar-refractivity contribution in [2.75, 3.05) is 59.4 Å². The molecule has 0 aliphatic rings. The van der Waals surface area contributed by atoms with Gasteiger partial charge in [0.1, 0.15) is 19.0 Å². The molecule has 0 aromatic heterocycles. The zero-order valence-electron chi connectivity index (χ0n) is 29.0. The number of ether oxygens (including phenoxy) is 4. The van der Waals surface area contributed by atoms with Crippen LogP contribution in [0.15, 0.2) is 0 Å². The average molecular weight is 642 g/mol. The standard InChI is InChI=1S/C36H67NO8/c1-3-34(39)21-18-16-14-12-10-8-6-4-5-7-9-11-13-15-17-19-23-36(41)37-24-26-43-28-30-45-32-35(40)22-20-25-42-27-29-44-31-33(2)38/h3-32H2,1-2H3,(H,37,41). The molecule has 1 N–H and O–H groups in total. The summed E-state index contributed by atoms with van der Waals surface area (Å²) >= 11 is 0. The van der Waals surface area contributed by atoms with Crippen LogP contribution in [-0.2, 0) is 38.1 Å². The maximum atomic E-state index is 12.0. The largest absolute Gasteiger partial charge is 0.379 e. The summed E-state index contributed by atoms with van der Waals surface area (Å²) in [7, 11) is 0. The molecule has 0 bridgehead atoms. The van der Waals surface area contributed by atoms with Crippen LogP contribution in [0.3, 0.4) is 0 Å². The third-order valence-corrected chi connectivity index (χ3v) is 7.63. The molecule has 0 atom stereocenters. The van der Waals surface area contributed by atoms with Gasteiger partial charge in [-0.25, -0.2) is 0 Å². The van der Waals surface area contributed by atoms with E-state index in [1.807, 2.05) is 6.92 Å². The summed E-state index contributed by atoms with van der Waals surface area (Å²) in [4.78, 5) is 45.8. The molecular weight excluding hydrogens is 574 g/mol. The molecule has 0 radical (unpaired) electrons. The van der Waals surface area contributed by atoms with E-state index in [1.54, 1.807) is 0 Å². The number of rotatable bonds is 37. The number of Topliss-reactive ketones (excluding diaryl/α,β-unsaturated/α-hetero) is 3. The van der Waals surface area contributed by atoms with E-state index in [0.29, 0.717) is 77.7 Å². The SMILES string of the molecule is CCC(=O)CCCCCCCCCCCCCCCCCCC(=O)NCCOCCOCC(=O)CCCOCCOCC(C)=O. The Morgan fingerprint density at radius 1 is 0.444 bits per heavy atom. The number of hydrogen-bond donors (Lipinski definition) is 1. The summed E-state index contributed by atoms with van der Waals surface area (Å²) in [5.74, 6) is 0.498. The van der Waals surface area contributed by atoms with Crippen molar-refractivity contribution >= 4 is 23.3 Å². The zero-order chi connectivity index (χ0) is 33.1. The summed E-state index contributed by atoms with van der Waals surface area (Å²) < 4.78 is 21.3. The van der Waals surface area contributed by atoms with Crippen LogP contribution in [0.4, 0.5) is 0 Å². The average Bonchev–Trinajstić information content (AvgIpc) is 3.02. The molecule has 0 spiro atoms. The van der Waals surface area contributed by atoms with Crippen LogP contribution in [0.5, 0.6) is 0 Å². The smallest absolute Gasteiger partial charge is 0.220 e. The Bertz CT molecular complexity index is 715. The first-order valence-corrected chi connectivity index (χ1v) is 18.1. The van der Waals surface area contributed by atoms with Gasteiger partial charge in [-0.2, -0.15) is 0 Å². The van der Waals surface area contributed by atoms with E-state index in [-0.39, 0.29) is 30.7 Å². The van der Waals surface area contributed by atoms with Crippen LogP contribution in [0, 0.1) is 0 Å². The van der Waals surface area contributed by atoms with Crippen molar-refractivity contribution in [3.63, 3.8) is 0 Å². The first kappa shape index (κ1) is 43.3. The number of carbonyl (C=O) groups is 4. The lowest BCUT2D eigenvalue weighted by Crippen LogP contribution is -2.27. The molecule has 0 heterocycles. The van der Waals surface area contributed by atoms with Crippen molar-refractivity contribution in [3.05, 3.63) is 0 Å². The lowest BCUT2D eigenvalue weighted by molar-refractivity contribution is -0.125. The second kappa shape index (κ2) is 35.2. The van der Waals surface area contributed by atoms with Crippen LogP contribution in [0.1, 0.15) is 149 Å². The van der Waals surface area contributed by atoms with Crippen molar-refractivity contribution in [1.82, 2.24) is 5.32 Å². The minimum atomic E-state index is -0.0137. The van der Waals surface area contributed by atoms with Crippen LogP contribution in [0.25, 0.3) is 0 Å². The topological polar surface area (TPSA) is 117 Å². The monoisotopic (exact) mass is 641 g/mol. The third-order valence-electron chi connectivity index (χ3n) is 7.63. The van der Waals surface area contributed by atoms with Gasteiger partial charge in [0.05, 0.1) is 33.0 Å². The number of hydrogen-bond acceptors (Lipinski definition) is 8. The minimum Gasteiger partial charge on any atom is -0.379 e. The molecule has 264 valence electrons. The first-order valence-electron chi connectivity index (χ1n) is 18.1. The van der Waals surface area contributed by atoms with Gasteiger partial charge >= 0.3 is 0 Å². The Labute approximate surface area is 274 Å². The fraction of sp³-hybridized carbons (Fsp3) is 0.889. The third kappa shape index (κ3) is 36.7. The molecule has 0 aromatic carbocycles. The van der Waals surface area contributed by atoms with E-state index in [9.17, 15) is 19.2 Å². The fourth-order valence-corrected chi connectivity index (χ4v) is 4.90. The Kier molecular flexibility index (Phi) is 33.9. The van der Waals surface area contributed by atoms with Gasteiger partial charge in [0.2, 0.25) is 5.91 Å². The molecule has 0 aliphatic heterocycles. The molecule has 0 aliphatic carbocycles. The molecule has 1 amide bonds. The van der Waals surface area contributed by atoms with Crippen LogP contribution >= 0.6 is 0 Å². The predicted molar refractivity (Wildman–Crippen MR) is 180 cm³/mol. The van der Waals surface area contributed by atoms with Crippen molar-refractivity contribution in [1.29, 1.82) is 0 Å². The van der Waals surface area contributed by atoms with Gasteiger partial charge in [-0.15, -0.1) is 0 Å². The Morgan fingerprint density at radius 3 is 1.38 bits per heavy atom. The number of nitrogens with one attached hydrogen (secondary N) is 1. The summed E-state index contributed by atoms with van der Waals surface area (Å²) in [6.45, 7) is 6.49. The minimum absolute atomic E-state index is 0.0137. The zero-order valence-corrected chi connectivity index (χ0v) is 29.0. The molecule has 0 saturated carbocycles. The highest BCUT2D eigenvalue weighted by molar-refractivity contribution is 5.79. The molecule has 0 saturated heterocycles. The van der Waals surface area contributed by atoms with Crippen LogP contribution in [0.2, 0.25) is 0 Å². The Morgan fingerprint density at radius 2 is 0.867 bits per heavy atom. The number of carbonyl (C=O) groups excluding carboxylic acids is 4. The molecular formula is C36H67NO8. The Hall–Kier alpha value is -1.68. The predicted octanol–water partition coefficient (Wildman–Crippen LogP) is 7.11. The van der Waals surface area contributed by atoms with E-state index in [0.717, 1.165) is 25.7 Å². The summed E-state index contributed by atoms with van der Waals surface area (Å²) in [6.07, 6.45) is 23.2. The molecule has 9 nitrogen and oxygen atoms in total. The molecule has 0 aromatic rings. The first-order chi connectivity index (χ1) is 22.0. The lowest BCUT2D eigenvalue weighted by Gasteiger charge is -2.08. The van der Waals surface area contributed by atoms with Crippen molar-refractivity contribution in [3.8, 4) is 0 Å². The van der Waals surface area contributed by atoms with E-state index < -0.39 is 0 Å². The van der Waals surface area contributed by atoms with Crippen LogP contribution < -0.4 is 5.32 Å². The van der Waals surface area contributed by atoms with Crippen molar-refractivity contribution in [2.24, 2.45) is 0 Å². The van der Waals surface area contributed by atoms with E-state index in [1.165, 1.54) is 90.4 Å². The fourth-order valence-electron chi connectivity index (χ4n) is 4.90. The van der Waals surface area contributed by atoms with E-state index >= 15 is 0 Å². The highest BCUT2D eigenvalue weighted by atomic mass is 16.5. The molecule has 0 fully saturated rings. The van der Waals surface area contributed by atoms with Gasteiger partial charge in [-0.05, 0) is 26.2 Å². The molecule has 0 rings (SSSR count). The number of amides is 1. The van der Waals surface area contributed by atoms with Gasteiger partial charge in [-0.3, -0.25) is 19.2 Å². The van der Waals surface area contributed by atoms with Gasteiger partial charge < -0.3 is 24.3 Å². The maximum Gasteiger partial charge on any atom is 0.220 e. The van der Waals surface area contributed by atoms with Gasteiger partial charge in [0.15, 0.2) is 11.6 Å². The van der Waals surface area contributed by atoms with Crippen molar-refractivity contribution in [2.45, 2.75) is 149 Å². The van der Waals surface area contributed by atoms with E-state index in [4.69, 9.17) is 18.9 Å². The molecule has 0 unspecified atom stereocenters. The summed E-state index contributed by atoms with van der Waals surface area (Å²) in [6, 6.07) is 0. The summed E-state index contributed by atoms with van der Waals surface area (Å²) in [5.41, 5.74) is 0. The molecule has 45 heavy (non-hydrogen) atoms. The number of ketones is 3. The maximum absolute atomic E-state index is 12.0. The van der Waals surface area contributed by atoms with Crippen LogP contribution in [-0.4, -0.2) is 82.7 Å². The normalized spacial score (nSPS) is 11.2. The summed E-state index contributed by atoms with van der Waals surface area (Å²) in [5, 5.41) is 2.90. The van der Waals surface area contributed by atoms with E-state index in [2.05, 4.69) is 5.32 Å². The highest BCUT2D eigenvalue weighted by Crippen LogP contribution is 2.14. The van der Waals surface area contributed by atoms with Crippen molar-refractivity contribution < 1.29 is 38.1 Å². The van der Waals surface area contributed by atoms with Gasteiger partial charge in [0, 0.05) is 38.8 Å². The lowest BCUT2D eigenvalue weighted by atomic mass is 10.0. The second-order valence-corrected chi connectivity index (χ2v) is 12.1. The quantitative estimate of drug-likeness (QED) is 0.0714. The van der Waals surface area contributed by atoms with Gasteiger partial charge in [-0.1, -0.05) is 96.8 Å². The molecule has 9 heteroatoms. The highest BCUT2D eigenvalue weighted by Gasteiger charge is 2.04. The number of unbranched alkanes of at least 4 members (excludes halogenated alkanes) is 15. The second-order valence-electron chi connectivity index (χ2n) is 12.1. The van der Waals surface area contributed by atoms with Gasteiger partial charge in [0.25, 0.3) is 0 Å². The Balaban J connectivity index is 3.25.